The molecule has 0 saturated carbocycles. The summed E-state index contributed by atoms with van der Waals surface area (Å²) in [5.41, 5.74) is 11.8. The van der Waals surface area contributed by atoms with Gasteiger partial charge in [-0.1, -0.05) is 12.1 Å². The lowest BCUT2D eigenvalue weighted by atomic mass is 10.1. The Labute approximate surface area is 118 Å². The second-order valence-corrected chi connectivity index (χ2v) is 4.81. The van der Waals surface area contributed by atoms with Crippen LogP contribution in [0.25, 0.3) is 0 Å². The number of primary amides is 1. The van der Waals surface area contributed by atoms with E-state index in [9.17, 15) is 4.79 Å². The Hall–Kier alpha value is -1.76. The molecule has 92 valence electrons. The monoisotopic (exact) mass is 354 g/mol. The average Bonchev–Trinajstić information content (AvgIpc) is 2.32. The van der Waals surface area contributed by atoms with Crippen LogP contribution in [-0.2, 0) is 0 Å². The molecule has 2 aromatic carbocycles. The Morgan fingerprint density at radius 1 is 1.11 bits per heavy atom. The smallest absolute Gasteiger partial charge is 0.252 e. The van der Waals surface area contributed by atoms with Gasteiger partial charge in [0.25, 0.3) is 5.91 Å². The summed E-state index contributed by atoms with van der Waals surface area (Å²) in [5.74, 6) is 0.480. The highest BCUT2D eigenvalue weighted by Crippen LogP contribution is 2.30. The van der Waals surface area contributed by atoms with E-state index in [2.05, 4.69) is 22.6 Å². The molecular formula is C13H11IN2O2. The quantitative estimate of drug-likeness (QED) is 0.657. The summed E-state index contributed by atoms with van der Waals surface area (Å²) in [5, 5.41) is 0. The molecule has 1 amide bonds. The lowest BCUT2D eigenvalue weighted by molar-refractivity contribution is 0.0998. The molecule has 0 spiro atoms. The van der Waals surface area contributed by atoms with Gasteiger partial charge in [0, 0.05) is 11.8 Å². The molecule has 0 bridgehead atoms. The fourth-order valence-electron chi connectivity index (χ4n) is 1.47. The molecule has 0 aromatic heterocycles. The molecule has 0 aliphatic rings. The Morgan fingerprint density at radius 2 is 1.83 bits per heavy atom. The molecule has 4 nitrogen and oxygen atoms in total. The number of hydrogen-bond acceptors (Lipinski definition) is 3. The molecule has 4 N–H and O–H groups in total. The van der Waals surface area contributed by atoms with Gasteiger partial charge in [-0.15, -0.1) is 0 Å². The maximum atomic E-state index is 11.3. The van der Waals surface area contributed by atoms with E-state index in [-0.39, 0.29) is 0 Å². The maximum Gasteiger partial charge on any atom is 0.252 e. The highest BCUT2D eigenvalue weighted by Gasteiger charge is 2.11. The normalized spacial score (nSPS) is 10.1. The first-order valence-electron chi connectivity index (χ1n) is 5.19. The lowest BCUT2D eigenvalue weighted by Gasteiger charge is -2.11. The number of carbonyl (C=O) groups excluding carboxylic acids is 1. The maximum absolute atomic E-state index is 11.3. The van der Waals surface area contributed by atoms with Crippen LogP contribution in [0.15, 0.2) is 42.5 Å². The van der Waals surface area contributed by atoms with Crippen LogP contribution in [0, 0.1) is 3.57 Å². The van der Waals surface area contributed by atoms with Crippen molar-refractivity contribution >= 4 is 34.2 Å². The molecule has 0 aliphatic heterocycles. The molecule has 2 aromatic rings. The summed E-state index contributed by atoms with van der Waals surface area (Å²) in [6, 6.07) is 12.2. The van der Waals surface area contributed by atoms with E-state index in [1.165, 1.54) is 0 Å². The predicted octanol–water partition coefficient (Wildman–Crippen LogP) is 2.76. The molecular weight excluding hydrogens is 343 g/mol. The Morgan fingerprint density at radius 3 is 2.50 bits per heavy atom. The van der Waals surface area contributed by atoms with E-state index in [1.54, 1.807) is 18.2 Å². The van der Waals surface area contributed by atoms with Gasteiger partial charge >= 0.3 is 0 Å². The van der Waals surface area contributed by atoms with Crippen LogP contribution in [0.3, 0.4) is 0 Å². The van der Waals surface area contributed by atoms with Crippen molar-refractivity contribution in [2.45, 2.75) is 0 Å². The van der Waals surface area contributed by atoms with Crippen molar-refractivity contribution in [1.82, 2.24) is 0 Å². The van der Waals surface area contributed by atoms with E-state index in [0.29, 0.717) is 22.7 Å². The van der Waals surface area contributed by atoms with Crippen LogP contribution >= 0.6 is 22.6 Å². The van der Waals surface area contributed by atoms with Crippen molar-refractivity contribution in [1.29, 1.82) is 0 Å². The van der Waals surface area contributed by atoms with Gasteiger partial charge in [-0.25, -0.2) is 0 Å². The summed E-state index contributed by atoms with van der Waals surface area (Å²) in [6.45, 7) is 0. The largest absolute Gasteiger partial charge is 0.455 e. The van der Waals surface area contributed by atoms with Gasteiger partial charge in [0.15, 0.2) is 0 Å². The van der Waals surface area contributed by atoms with Gasteiger partial charge < -0.3 is 16.2 Å². The summed E-state index contributed by atoms with van der Waals surface area (Å²) in [4.78, 5) is 11.3. The third kappa shape index (κ3) is 2.73. The second-order valence-electron chi connectivity index (χ2n) is 3.65. The van der Waals surface area contributed by atoms with E-state index >= 15 is 0 Å². The third-order valence-corrected chi connectivity index (χ3v) is 3.22. The first-order valence-corrected chi connectivity index (χ1v) is 6.27. The summed E-state index contributed by atoms with van der Waals surface area (Å²) >= 11 is 2.15. The number of nitrogen functional groups attached to an aromatic ring is 1. The standard InChI is InChI=1S/C13H11IN2O2/c14-10-3-1-2-4-11(10)18-12-7-8(15)5-6-9(12)13(16)17/h1-7H,15H2,(H2,16,17). The number of ether oxygens (including phenoxy) is 1. The molecule has 0 atom stereocenters. The predicted molar refractivity (Wildman–Crippen MR) is 78.6 cm³/mol. The zero-order chi connectivity index (χ0) is 13.1. The third-order valence-electron chi connectivity index (χ3n) is 2.33. The summed E-state index contributed by atoms with van der Waals surface area (Å²) in [6.07, 6.45) is 0. The number of hydrogen-bond donors (Lipinski definition) is 2. The number of carbonyl (C=O) groups is 1. The fourth-order valence-corrected chi connectivity index (χ4v) is 1.97. The van der Waals surface area contributed by atoms with Crippen LogP contribution < -0.4 is 16.2 Å². The van der Waals surface area contributed by atoms with Gasteiger partial charge in [-0.05, 0) is 46.9 Å². The van der Waals surface area contributed by atoms with E-state index in [1.807, 2.05) is 24.3 Å². The average molecular weight is 354 g/mol. The van der Waals surface area contributed by atoms with Crippen molar-refractivity contribution in [2.75, 3.05) is 5.73 Å². The minimum atomic E-state index is -0.545. The van der Waals surface area contributed by atoms with Crippen LogP contribution in [0.4, 0.5) is 5.69 Å². The number of halogens is 1. The van der Waals surface area contributed by atoms with Crippen LogP contribution in [0.2, 0.25) is 0 Å². The highest BCUT2D eigenvalue weighted by atomic mass is 127. The molecule has 0 unspecified atom stereocenters. The number of benzene rings is 2. The van der Waals surface area contributed by atoms with Crippen LogP contribution in [0.5, 0.6) is 11.5 Å². The van der Waals surface area contributed by atoms with E-state index in [0.717, 1.165) is 3.57 Å². The zero-order valence-corrected chi connectivity index (χ0v) is 11.5. The van der Waals surface area contributed by atoms with Gasteiger partial charge in [0.05, 0.1) is 9.13 Å². The molecule has 18 heavy (non-hydrogen) atoms. The van der Waals surface area contributed by atoms with Crippen molar-refractivity contribution in [3.8, 4) is 11.5 Å². The molecule has 0 saturated heterocycles. The Bertz CT molecular complexity index is 599. The summed E-state index contributed by atoms with van der Waals surface area (Å²) in [7, 11) is 0. The summed E-state index contributed by atoms with van der Waals surface area (Å²) < 4.78 is 6.63. The molecule has 5 heteroatoms. The molecule has 0 aliphatic carbocycles. The van der Waals surface area contributed by atoms with Gasteiger partial charge in [0.2, 0.25) is 0 Å². The van der Waals surface area contributed by atoms with Crippen molar-refractivity contribution in [3.63, 3.8) is 0 Å². The number of nitrogens with two attached hydrogens (primary N) is 2. The van der Waals surface area contributed by atoms with Crippen molar-refractivity contribution < 1.29 is 9.53 Å². The van der Waals surface area contributed by atoms with Crippen LogP contribution in [0.1, 0.15) is 10.4 Å². The van der Waals surface area contributed by atoms with E-state index < -0.39 is 5.91 Å². The molecule has 2 rings (SSSR count). The van der Waals surface area contributed by atoms with Crippen molar-refractivity contribution in [3.05, 3.63) is 51.6 Å². The van der Waals surface area contributed by atoms with Gasteiger partial charge in [-0.2, -0.15) is 0 Å². The van der Waals surface area contributed by atoms with Crippen molar-refractivity contribution in [2.24, 2.45) is 5.73 Å². The minimum absolute atomic E-state index is 0.309. The number of anilines is 1. The number of amides is 1. The fraction of sp³-hybridized carbons (Fsp3) is 0. The number of rotatable bonds is 3. The first kappa shape index (κ1) is 12.7. The molecule has 0 radical (unpaired) electrons. The first-order chi connectivity index (χ1) is 8.58. The second kappa shape index (κ2) is 5.26. The highest BCUT2D eigenvalue weighted by molar-refractivity contribution is 14.1. The number of para-hydroxylation sites is 1. The molecule has 0 fully saturated rings. The SMILES string of the molecule is NC(=O)c1ccc(N)cc1Oc1ccccc1I. The lowest BCUT2D eigenvalue weighted by Crippen LogP contribution is -2.12. The minimum Gasteiger partial charge on any atom is -0.455 e. The van der Waals surface area contributed by atoms with Crippen LogP contribution in [-0.4, -0.2) is 5.91 Å². The van der Waals surface area contributed by atoms with Gasteiger partial charge in [0.1, 0.15) is 11.5 Å². The van der Waals surface area contributed by atoms with E-state index in [4.69, 9.17) is 16.2 Å². The topological polar surface area (TPSA) is 78.3 Å². The Balaban J connectivity index is 2.42. The van der Waals surface area contributed by atoms with Gasteiger partial charge in [-0.3, -0.25) is 4.79 Å². The Kier molecular flexibility index (Phi) is 3.71. The molecule has 0 heterocycles. The zero-order valence-electron chi connectivity index (χ0n) is 9.39.